The van der Waals surface area contributed by atoms with Crippen LogP contribution >= 0.6 is 0 Å². The third-order valence-corrected chi connectivity index (χ3v) is 6.91. The van der Waals surface area contributed by atoms with E-state index < -0.39 is 0 Å². The molecule has 6 rings (SSSR count). The average Bonchev–Trinajstić information content (AvgIpc) is 3.14. The van der Waals surface area contributed by atoms with E-state index in [1.54, 1.807) is 0 Å². The summed E-state index contributed by atoms with van der Waals surface area (Å²) in [6.07, 6.45) is 6.01. The van der Waals surface area contributed by atoms with Crippen molar-refractivity contribution in [1.82, 2.24) is 14.5 Å². The molecule has 0 amide bonds. The van der Waals surface area contributed by atoms with Crippen molar-refractivity contribution in [2.75, 3.05) is 5.32 Å². The quantitative estimate of drug-likeness (QED) is 0.440. The summed E-state index contributed by atoms with van der Waals surface area (Å²) in [4.78, 5) is 20.3. The molecular weight excluding hydrogens is 372 g/mol. The molecule has 1 aliphatic heterocycles. The van der Waals surface area contributed by atoms with E-state index in [1.807, 2.05) is 13.8 Å². The Morgan fingerprint density at radius 1 is 1.07 bits per heavy atom. The minimum Gasteiger partial charge on any atom is -0.372 e. The normalized spacial score (nSPS) is 17.3. The molecule has 5 heteroatoms. The summed E-state index contributed by atoms with van der Waals surface area (Å²) < 4.78 is 2.42. The van der Waals surface area contributed by atoms with E-state index in [0.29, 0.717) is 5.69 Å². The summed E-state index contributed by atoms with van der Waals surface area (Å²) >= 11 is 0. The Labute approximate surface area is 175 Å². The predicted octanol–water partition coefficient (Wildman–Crippen LogP) is 5.58. The van der Waals surface area contributed by atoms with Crippen molar-refractivity contribution in [2.45, 2.75) is 57.4 Å². The number of H-pyrrole nitrogens is 1. The van der Waals surface area contributed by atoms with Gasteiger partial charge in [0.15, 0.2) is 0 Å². The minimum absolute atomic E-state index is 0.0520. The van der Waals surface area contributed by atoms with Crippen LogP contribution in [0, 0.1) is 0 Å². The van der Waals surface area contributed by atoms with Gasteiger partial charge >= 0.3 is 0 Å². The molecule has 0 unspecified atom stereocenters. The van der Waals surface area contributed by atoms with Crippen molar-refractivity contribution >= 4 is 27.6 Å². The van der Waals surface area contributed by atoms with Crippen LogP contribution in [0.2, 0.25) is 0 Å². The SMILES string of the molecule is CC(C)c1nc2cc3c(cc2[nH]c1=O)NC1(CCCCC1)c1cc2ccccc2n1-3. The van der Waals surface area contributed by atoms with Crippen LogP contribution in [-0.4, -0.2) is 14.5 Å². The van der Waals surface area contributed by atoms with Crippen LogP contribution in [-0.2, 0) is 5.54 Å². The second kappa shape index (κ2) is 6.21. The smallest absolute Gasteiger partial charge is 0.270 e. The Balaban J connectivity index is 1.68. The van der Waals surface area contributed by atoms with Gasteiger partial charge in [-0.3, -0.25) is 4.79 Å². The largest absolute Gasteiger partial charge is 0.372 e. The van der Waals surface area contributed by atoms with Gasteiger partial charge in [-0.2, -0.15) is 0 Å². The maximum Gasteiger partial charge on any atom is 0.270 e. The van der Waals surface area contributed by atoms with Gasteiger partial charge in [-0.05, 0) is 37.1 Å². The number of fused-ring (bicyclic) bond motifs is 7. The number of nitrogens with zero attached hydrogens (tertiary/aromatic N) is 2. The van der Waals surface area contributed by atoms with E-state index >= 15 is 0 Å². The molecule has 1 fully saturated rings. The third-order valence-electron chi connectivity index (χ3n) is 6.91. The highest BCUT2D eigenvalue weighted by Gasteiger charge is 2.41. The number of hydrogen-bond donors (Lipinski definition) is 2. The Bertz CT molecular complexity index is 1360. The molecule has 3 heterocycles. The highest BCUT2D eigenvalue weighted by Crippen LogP contribution is 2.48. The first-order chi connectivity index (χ1) is 14.6. The van der Waals surface area contributed by atoms with E-state index in [9.17, 15) is 4.79 Å². The Morgan fingerprint density at radius 2 is 1.87 bits per heavy atom. The lowest BCUT2D eigenvalue weighted by atomic mass is 9.78. The van der Waals surface area contributed by atoms with Crippen LogP contribution in [0.3, 0.4) is 0 Å². The molecule has 30 heavy (non-hydrogen) atoms. The number of benzene rings is 2. The summed E-state index contributed by atoms with van der Waals surface area (Å²) in [7, 11) is 0. The zero-order chi connectivity index (χ0) is 20.5. The molecule has 0 saturated heterocycles. The monoisotopic (exact) mass is 398 g/mol. The molecule has 0 bridgehead atoms. The van der Waals surface area contributed by atoms with Gasteiger partial charge in [-0.15, -0.1) is 0 Å². The second-order valence-corrected chi connectivity index (χ2v) is 9.18. The third kappa shape index (κ3) is 2.41. The van der Waals surface area contributed by atoms with Gasteiger partial charge in [0.2, 0.25) is 0 Å². The van der Waals surface area contributed by atoms with Crippen molar-refractivity contribution in [3.63, 3.8) is 0 Å². The van der Waals surface area contributed by atoms with Gasteiger partial charge in [0, 0.05) is 17.0 Å². The van der Waals surface area contributed by atoms with Gasteiger partial charge in [0.25, 0.3) is 5.56 Å². The lowest BCUT2D eigenvalue weighted by molar-refractivity contribution is 0.316. The first kappa shape index (κ1) is 17.8. The summed E-state index contributed by atoms with van der Waals surface area (Å²) in [5.41, 5.74) is 6.85. The van der Waals surface area contributed by atoms with Gasteiger partial charge in [0.05, 0.1) is 33.5 Å². The fourth-order valence-electron chi connectivity index (χ4n) is 5.44. The highest BCUT2D eigenvalue weighted by molar-refractivity contribution is 5.91. The van der Waals surface area contributed by atoms with Crippen molar-refractivity contribution in [1.29, 1.82) is 0 Å². The summed E-state index contributed by atoms with van der Waals surface area (Å²) in [6.45, 7) is 4.02. The number of nitrogens with one attached hydrogen (secondary N) is 2. The lowest BCUT2D eigenvalue weighted by Gasteiger charge is -2.43. The Kier molecular flexibility index (Phi) is 3.67. The summed E-state index contributed by atoms with van der Waals surface area (Å²) in [5.74, 6) is 0.0841. The maximum atomic E-state index is 12.5. The number of rotatable bonds is 1. The average molecular weight is 399 g/mol. The number of aromatic nitrogens is 3. The number of para-hydroxylation sites is 1. The maximum absolute atomic E-state index is 12.5. The molecule has 5 nitrogen and oxygen atoms in total. The highest BCUT2D eigenvalue weighted by atomic mass is 16.1. The molecule has 2 N–H and O–H groups in total. The standard InChI is InChI=1S/C25H26N4O/c1-15(2)23-24(30)27-17-13-19-21(14-18(17)26-23)29-20-9-5-4-8-16(20)12-22(29)25(28-19)10-6-3-7-11-25/h4-5,8-9,12-15,28H,3,6-7,10-11H2,1-2H3,(H,27,30). The molecule has 1 spiro atoms. The van der Waals surface area contributed by atoms with Crippen molar-refractivity contribution < 1.29 is 0 Å². The second-order valence-electron chi connectivity index (χ2n) is 9.18. The molecule has 0 radical (unpaired) electrons. The lowest BCUT2D eigenvalue weighted by Crippen LogP contribution is -2.42. The van der Waals surface area contributed by atoms with Crippen LogP contribution in [0.5, 0.6) is 0 Å². The van der Waals surface area contributed by atoms with Crippen LogP contribution in [0.1, 0.15) is 63.3 Å². The zero-order valence-corrected chi connectivity index (χ0v) is 17.5. The van der Waals surface area contributed by atoms with Crippen molar-refractivity contribution in [3.05, 3.63) is 64.2 Å². The summed E-state index contributed by atoms with van der Waals surface area (Å²) in [6, 6.07) is 15.2. The summed E-state index contributed by atoms with van der Waals surface area (Å²) in [5, 5.41) is 5.18. The first-order valence-electron chi connectivity index (χ1n) is 11.0. The number of aromatic amines is 1. The molecule has 152 valence electrons. The molecule has 2 aliphatic rings. The van der Waals surface area contributed by atoms with E-state index in [2.05, 4.69) is 57.3 Å². The molecule has 1 saturated carbocycles. The van der Waals surface area contributed by atoms with Crippen LogP contribution in [0.4, 0.5) is 5.69 Å². The molecule has 0 atom stereocenters. The van der Waals surface area contributed by atoms with E-state index in [4.69, 9.17) is 4.98 Å². The Morgan fingerprint density at radius 3 is 2.67 bits per heavy atom. The van der Waals surface area contributed by atoms with Crippen molar-refractivity contribution in [3.8, 4) is 5.69 Å². The number of hydrogen-bond acceptors (Lipinski definition) is 3. The predicted molar refractivity (Wildman–Crippen MR) is 122 cm³/mol. The van der Waals surface area contributed by atoms with Gasteiger partial charge in [0.1, 0.15) is 5.69 Å². The van der Waals surface area contributed by atoms with E-state index in [0.717, 1.165) is 35.2 Å². The van der Waals surface area contributed by atoms with Crippen LogP contribution in [0.25, 0.3) is 27.6 Å². The molecule has 2 aromatic carbocycles. The minimum atomic E-state index is -0.0901. The fourth-order valence-corrected chi connectivity index (χ4v) is 5.44. The van der Waals surface area contributed by atoms with Crippen LogP contribution < -0.4 is 10.9 Å². The molecule has 1 aliphatic carbocycles. The number of anilines is 1. The zero-order valence-electron chi connectivity index (χ0n) is 17.5. The van der Waals surface area contributed by atoms with Crippen LogP contribution in [0.15, 0.2) is 47.3 Å². The van der Waals surface area contributed by atoms with Crippen molar-refractivity contribution in [2.24, 2.45) is 0 Å². The van der Waals surface area contributed by atoms with Gasteiger partial charge in [-0.25, -0.2) is 4.98 Å². The molecule has 2 aromatic heterocycles. The molecular formula is C25H26N4O. The topological polar surface area (TPSA) is 62.7 Å². The van der Waals surface area contributed by atoms with E-state index in [1.165, 1.54) is 35.9 Å². The van der Waals surface area contributed by atoms with Gasteiger partial charge < -0.3 is 14.9 Å². The fraction of sp³-hybridized carbons (Fsp3) is 0.360. The first-order valence-corrected chi connectivity index (χ1v) is 11.0. The molecule has 4 aromatic rings. The van der Waals surface area contributed by atoms with E-state index in [-0.39, 0.29) is 17.0 Å². The Hall–Kier alpha value is -3.08. The van der Waals surface area contributed by atoms with Gasteiger partial charge in [-0.1, -0.05) is 51.3 Å².